The molecule has 2 aromatic rings. The first-order chi connectivity index (χ1) is 9.70. The molecule has 0 aliphatic heterocycles. The van der Waals surface area contributed by atoms with E-state index in [4.69, 9.17) is 16.0 Å². The van der Waals surface area contributed by atoms with E-state index in [1.165, 1.54) is 0 Å². The molecule has 0 fully saturated rings. The second-order valence-electron chi connectivity index (χ2n) is 4.75. The van der Waals surface area contributed by atoms with Gasteiger partial charge in [0.25, 0.3) is 0 Å². The molecule has 0 aliphatic carbocycles. The van der Waals surface area contributed by atoms with Crippen molar-refractivity contribution in [3.8, 4) is 0 Å². The Labute approximate surface area is 124 Å². The summed E-state index contributed by atoms with van der Waals surface area (Å²) in [5.74, 6) is 1.80. The quantitative estimate of drug-likeness (QED) is 0.794. The van der Waals surface area contributed by atoms with Crippen LogP contribution in [0.5, 0.6) is 0 Å². The largest absolute Gasteiger partial charge is 0.467 e. The number of furan rings is 1. The molecule has 0 saturated carbocycles. The predicted octanol–water partition coefficient (Wildman–Crippen LogP) is 3.46. The molecule has 4 nitrogen and oxygen atoms in total. The summed E-state index contributed by atoms with van der Waals surface area (Å²) in [5, 5.41) is 4.05. The number of halogens is 1. The van der Waals surface area contributed by atoms with Gasteiger partial charge in [0.2, 0.25) is 0 Å². The first kappa shape index (κ1) is 14.9. The van der Waals surface area contributed by atoms with E-state index in [-0.39, 0.29) is 0 Å². The third kappa shape index (κ3) is 3.99. The number of pyridine rings is 1. The van der Waals surface area contributed by atoms with E-state index in [1.54, 1.807) is 12.5 Å². The number of aromatic nitrogens is 1. The molecule has 20 heavy (non-hydrogen) atoms. The zero-order chi connectivity index (χ0) is 14.4. The average Bonchev–Trinajstić information content (AvgIpc) is 2.94. The minimum atomic E-state index is 0.684. The lowest BCUT2D eigenvalue weighted by Gasteiger charge is -2.18. The summed E-state index contributed by atoms with van der Waals surface area (Å²) in [6, 6.07) is 5.86. The SMILES string of the molecule is CCCNCc1cc(N(C)Cc2ccco2)ncc1Cl. The lowest BCUT2D eigenvalue weighted by atomic mass is 10.2. The molecule has 5 heteroatoms. The van der Waals surface area contributed by atoms with Crippen molar-refractivity contribution < 1.29 is 4.42 Å². The maximum Gasteiger partial charge on any atom is 0.129 e. The van der Waals surface area contributed by atoms with E-state index in [0.717, 1.165) is 36.7 Å². The lowest BCUT2D eigenvalue weighted by molar-refractivity contribution is 0.507. The fourth-order valence-corrected chi connectivity index (χ4v) is 2.10. The fraction of sp³-hybridized carbons (Fsp3) is 0.400. The summed E-state index contributed by atoms with van der Waals surface area (Å²) in [7, 11) is 1.99. The second kappa shape index (κ2) is 7.31. The molecule has 0 bridgehead atoms. The van der Waals surface area contributed by atoms with Crippen LogP contribution in [0, 0.1) is 0 Å². The van der Waals surface area contributed by atoms with Gasteiger partial charge in [0, 0.05) is 19.8 Å². The highest BCUT2D eigenvalue weighted by atomic mass is 35.5. The first-order valence-electron chi connectivity index (χ1n) is 6.79. The monoisotopic (exact) mass is 293 g/mol. The number of nitrogens with one attached hydrogen (secondary N) is 1. The van der Waals surface area contributed by atoms with Crippen LogP contribution < -0.4 is 10.2 Å². The van der Waals surface area contributed by atoms with Crippen molar-refractivity contribution >= 4 is 17.4 Å². The topological polar surface area (TPSA) is 41.3 Å². The van der Waals surface area contributed by atoms with Crippen molar-refractivity contribution in [1.29, 1.82) is 0 Å². The van der Waals surface area contributed by atoms with Crippen molar-refractivity contribution in [1.82, 2.24) is 10.3 Å². The molecule has 0 atom stereocenters. The van der Waals surface area contributed by atoms with Gasteiger partial charge in [-0.25, -0.2) is 4.98 Å². The first-order valence-corrected chi connectivity index (χ1v) is 7.17. The third-order valence-corrected chi connectivity index (χ3v) is 3.37. The van der Waals surface area contributed by atoms with Gasteiger partial charge in [0.15, 0.2) is 0 Å². The Morgan fingerprint density at radius 2 is 2.30 bits per heavy atom. The molecule has 0 saturated heterocycles. The van der Waals surface area contributed by atoms with Crippen LogP contribution in [0.2, 0.25) is 5.02 Å². The fourth-order valence-electron chi connectivity index (χ4n) is 1.93. The van der Waals surface area contributed by atoms with Crippen LogP contribution >= 0.6 is 11.6 Å². The summed E-state index contributed by atoms with van der Waals surface area (Å²) >= 11 is 6.18. The Hall–Kier alpha value is -1.52. The van der Waals surface area contributed by atoms with Crippen molar-refractivity contribution in [2.24, 2.45) is 0 Å². The zero-order valence-corrected chi connectivity index (χ0v) is 12.7. The maximum absolute atomic E-state index is 6.18. The Bertz CT molecular complexity index is 528. The Morgan fingerprint density at radius 3 is 3.00 bits per heavy atom. The summed E-state index contributed by atoms with van der Waals surface area (Å²) < 4.78 is 5.35. The molecule has 0 aliphatic rings. The van der Waals surface area contributed by atoms with Gasteiger partial charge in [-0.2, -0.15) is 0 Å². The molecule has 0 aromatic carbocycles. The summed E-state index contributed by atoms with van der Waals surface area (Å²) in [4.78, 5) is 6.41. The summed E-state index contributed by atoms with van der Waals surface area (Å²) in [5.41, 5.74) is 1.07. The van der Waals surface area contributed by atoms with Gasteiger partial charge in [0.05, 0.1) is 17.8 Å². The van der Waals surface area contributed by atoms with E-state index in [9.17, 15) is 0 Å². The van der Waals surface area contributed by atoms with Crippen molar-refractivity contribution in [3.05, 3.63) is 47.0 Å². The standard InChI is InChI=1S/C15H20ClN3O/c1-3-6-17-9-12-8-15(18-10-14(12)16)19(2)11-13-5-4-7-20-13/h4-5,7-8,10,17H,3,6,9,11H2,1-2H3. The van der Waals surface area contributed by atoms with E-state index in [2.05, 4.69) is 17.2 Å². The molecule has 0 radical (unpaired) electrons. The highest BCUT2D eigenvalue weighted by Crippen LogP contribution is 2.21. The van der Waals surface area contributed by atoms with Crippen LogP contribution in [-0.4, -0.2) is 18.6 Å². The second-order valence-corrected chi connectivity index (χ2v) is 5.15. The van der Waals surface area contributed by atoms with Crippen LogP contribution in [0.25, 0.3) is 0 Å². The minimum Gasteiger partial charge on any atom is -0.467 e. The molecule has 2 heterocycles. The van der Waals surface area contributed by atoms with Gasteiger partial charge in [-0.1, -0.05) is 18.5 Å². The highest BCUT2D eigenvalue weighted by molar-refractivity contribution is 6.31. The van der Waals surface area contributed by atoms with Crippen LogP contribution in [0.3, 0.4) is 0 Å². The molecule has 0 spiro atoms. The van der Waals surface area contributed by atoms with Crippen molar-refractivity contribution in [2.75, 3.05) is 18.5 Å². The van der Waals surface area contributed by atoms with E-state index in [1.807, 2.05) is 30.1 Å². The maximum atomic E-state index is 6.18. The van der Waals surface area contributed by atoms with Gasteiger partial charge in [-0.3, -0.25) is 0 Å². The number of rotatable bonds is 7. The number of anilines is 1. The molecule has 2 aromatic heterocycles. The van der Waals surface area contributed by atoms with Crippen molar-refractivity contribution in [3.63, 3.8) is 0 Å². The summed E-state index contributed by atoms with van der Waals surface area (Å²) in [6.45, 7) is 4.57. The third-order valence-electron chi connectivity index (χ3n) is 3.03. The Kier molecular flexibility index (Phi) is 5.44. The average molecular weight is 294 g/mol. The van der Waals surface area contributed by atoms with Crippen LogP contribution in [0.1, 0.15) is 24.7 Å². The van der Waals surface area contributed by atoms with Gasteiger partial charge in [-0.15, -0.1) is 0 Å². The van der Waals surface area contributed by atoms with Crippen LogP contribution in [-0.2, 0) is 13.1 Å². The van der Waals surface area contributed by atoms with Crippen LogP contribution in [0.4, 0.5) is 5.82 Å². The molecule has 0 unspecified atom stereocenters. The molecule has 1 N–H and O–H groups in total. The number of hydrogen-bond acceptors (Lipinski definition) is 4. The molecular weight excluding hydrogens is 274 g/mol. The van der Waals surface area contributed by atoms with E-state index in [0.29, 0.717) is 11.6 Å². The molecule has 108 valence electrons. The normalized spacial score (nSPS) is 10.8. The lowest BCUT2D eigenvalue weighted by Crippen LogP contribution is -2.19. The zero-order valence-electron chi connectivity index (χ0n) is 11.9. The number of hydrogen-bond donors (Lipinski definition) is 1. The summed E-state index contributed by atoms with van der Waals surface area (Å²) in [6.07, 6.45) is 4.49. The Balaban J connectivity index is 2.05. The Morgan fingerprint density at radius 1 is 1.45 bits per heavy atom. The van der Waals surface area contributed by atoms with Crippen LogP contribution in [0.15, 0.2) is 35.1 Å². The van der Waals surface area contributed by atoms with Gasteiger partial charge >= 0.3 is 0 Å². The van der Waals surface area contributed by atoms with E-state index >= 15 is 0 Å². The predicted molar refractivity (Wildman–Crippen MR) is 82.1 cm³/mol. The highest BCUT2D eigenvalue weighted by Gasteiger charge is 2.08. The smallest absolute Gasteiger partial charge is 0.129 e. The van der Waals surface area contributed by atoms with E-state index < -0.39 is 0 Å². The van der Waals surface area contributed by atoms with Crippen molar-refractivity contribution in [2.45, 2.75) is 26.4 Å². The van der Waals surface area contributed by atoms with Gasteiger partial charge < -0.3 is 14.6 Å². The molecule has 0 amide bonds. The molecular formula is C15H20ClN3O. The van der Waals surface area contributed by atoms with Gasteiger partial charge in [-0.05, 0) is 36.7 Å². The minimum absolute atomic E-state index is 0.684. The molecule has 2 rings (SSSR count). The van der Waals surface area contributed by atoms with Gasteiger partial charge in [0.1, 0.15) is 11.6 Å². The number of nitrogens with zero attached hydrogens (tertiary/aromatic N) is 2.